The third-order valence-corrected chi connectivity index (χ3v) is 1.23. The minimum absolute atomic E-state index is 0. The van der Waals surface area contributed by atoms with Crippen LogP contribution in [0.4, 0.5) is 0 Å². The maximum atomic E-state index is 6.78. The third-order valence-electron chi connectivity index (χ3n) is 1.23. The summed E-state index contributed by atoms with van der Waals surface area (Å²) in [4.78, 5) is 0. The van der Waals surface area contributed by atoms with Crippen molar-refractivity contribution in [3.8, 4) is 11.7 Å². The molecule has 1 aromatic rings. The zero-order valence-corrected chi connectivity index (χ0v) is 7.50. The summed E-state index contributed by atoms with van der Waals surface area (Å²) in [6.45, 7) is 0. The monoisotopic (exact) mass is 238 g/mol. The summed E-state index contributed by atoms with van der Waals surface area (Å²) in [6, 6.07) is 7.17. The first-order valence-corrected chi connectivity index (χ1v) is 2.93. The van der Waals surface area contributed by atoms with Crippen molar-refractivity contribution in [1.29, 1.82) is 0 Å². The van der Waals surface area contributed by atoms with Crippen molar-refractivity contribution < 1.29 is 27.1 Å². The molecule has 1 rings (SSSR count). The summed E-state index contributed by atoms with van der Waals surface area (Å²) in [5, 5.41) is 0. The topological polar surface area (TPSA) is 9.23 Å². The van der Waals surface area contributed by atoms with Crippen LogP contribution in [0.2, 0.25) is 0 Å². The van der Waals surface area contributed by atoms with Crippen molar-refractivity contribution in [3.05, 3.63) is 36.3 Å². The van der Waals surface area contributed by atoms with Crippen LogP contribution < -0.4 is 4.74 Å². The van der Waals surface area contributed by atoms with E-state index in [1.807, 2.05) is 0 Å². The van der Waals surface area contributed by atoms with Gasteiger partial charge in [0.25, 0.3) is 0 Å². The van der Waals surface area contributed by atoms with E-state index in [4.69, 9.17) is 11.2 Å². The van der Waals surface area contributed by atoms with E-state index in [9.17, 15) is 0 Å². The van der Waals surface area contributed by atoms with E-state index in [1.54, 1.807) is 31.4 Å². The summed E-state index contributed by atoms with van der Waals surface area (Å²) in [5.74, 6) is 3.08. The fourth-order valence-corrected chi connectivity index (χ4v) is 0.674. The molecule has 0 aromatic heterocycles. The summed E-state index contributed by atoms with van der Waals surface area (Å²) in [5.41, 5.74) is 0.765. The number of ether oxygens (including phenoxy) is 1. The number of benzene rings is 1. The molecular formula is C9H7AgO. The Balaban J connectivity index is 0.000001000. The first-order valence-electron chi connectivity index (χ1n) is 2.93. The number of hydrogen-bond donors (Lipinski definition) is 0. The molecule has 1 aromatic carbocycles. The van der Waals surface area contributed by atoms with Crippen molar-refractivity contribution in [2.45, 2.75) is 0 Å². The van der Waals surface area contributed by atoms with E-state index >= 15 is 0 Å². The van der Waals surface area contributed by atoms with Gasteiger partial charge in [0, 0.05) is 0 Å². The average Bonchev–Trinajstić information content (AvgIpc) is 2.05. The second-order valence-electron chi connectivity index (χ2n) is 1.85. The van der Waals surface area contributed by atoms with Gasteiger partial charge in [0.05, 0.1) is 7.11 Å². The molecule has 0 heterocycles. The molecule has 0 atom stereocenters. The van der Waals surface area contributed by atoms with Crippen molar-refractivity contribution >= 4 is 0 Å². The Labute approximate surface area is 82.3 Å². The van der Waals surface area contributed by atoms with Gasteiger partial charge in [-0.2, -0.15) is 0 Å². The quantitative estimate of drug-likeness (QED) is 0.411. The summed E-state index contributed by atoms with van der Waals surface area (Å²) >= 11 is 0. The van der Waals surface area contributed by atoms with Crippen molar-refractivity contribution in [1.82, 2.24) is 0 Å². The van der Waals surface area contributed by atoms with Gasteiger partial charge in [0.1, 0.15) is 5.75 Å². The largest absolute Gasteiger partial charge is 1.00 e. The molecule has 0 amide bonds. The molecule has 0 spiro atoms. The SMILES string of the molecule is [Ag+].[C-]#Cc1ccc(OC)cc1. The van der Waals surface area contributed by atoms with Gasteiger partial charge in [-0.3, -0.25) is 5.92 Å². The maximum Gasteiger partial charge on any atom is 1.00 e. The van der Waals surface area contributed by atoms with Crippen LogP contribution in [0.5, 0.6) is 5.75 Å². The molecule has 0 saturated heterocycles. The molecule has 11 heavy (non-hydrogen) atoms. The van der Waals surface area contributed by atoms with Gasteiger partial charge >= 0.3 is 22.4 Å². The van der Waals surface area contributed by atoms with Crippen LogP contribution in [-0.2, 0) is 22.4 Å². The average molecular weight is 239 g/mol. The first-order chi connectivity index (χ1) is 4.86. The third kappa shape index (κ3) is 2.81. The van der Waals surface area contributed by atoms with Crippen molar-refractivity contribution in [2.75, 3.05) is 7.11 Å². The zero-order valence-electron chi connectivity index (χ0n) is 6.02. The number of hydrogen-bond acceptors (Lipinski definition) is 1. The van der Waals surface area contributed by atoms with Gasteiger partial charge in [-0.15, -0.1) is 17.7 Å². The smallest absolute Gasteiger partial charge is 0.497 e. The predicted molar refractivity (Wildman–Crippen MR) is 39.2 cm³/mol. The maximum absolute atomic E-state index is 6.78. The molecule has 0 aliphatic carbocycles. The molecule has 0 bridgehead atoms. The minimum atomic E-state index is 0. The fraction of sp³-hybridized carbons (Fsp3) is 0.111. The van der Waals surface area contributed by atoms with Crippen LogP contribution >= 0.6 is 0 Å². The van der Waals surface area contributed by atoms with Crippen LogP contribution in [-0.4, -0.2) is 7.11 Å². The first kappa shape index (κ1) is 10.3. The number of methoxy groups -OCH3 is 1. The second kappa shape index (κ2) is 5.03. The second-order valence-corrected chi connectivity index (χ2v) is 1.85. The summed E-state index contributed by atoms with van der Waals surface area (Å²) < 4.78 is 4.92. The van der Waals surface area contributed by atoms with Gasteiger partial charge in [0.2, 0.25) is 0 Å². The van der Waals surface area contributed by atoms with Crippen LogP contribution in [0.15, 0.2) is 24.3 Å². The van der Waals surface area contributed by atoms with E-state index in [-0.39, 0.29) is 22.4 Å². The molecular weight excluding hydrogens is 232 g/mol. The molecule has 0 unspecified atom stereocenters. The normalized spacial score (nSPS) is 7.64. The van der Waals surface area contributed by atoms with Gasteiger partial charge in [0.15, 0.2) is 0 Å². The van der Waals surface area contributed by atoms with Crippen molar-refractivity contribution in [3.63, 3.8) is 0 Å². The van der Waals surface area contributed by atoms with E-state index in [1.165, 1.54) is 0 Å². The van der Waals surface area contributed by atoms with Gasteiger partial charge in [-0.25, -0.2) is 0 Å². The number of rotatable bonds is 1. The van der Waals surface area contributed by atoms with E-state index in [2.05, 4.69) is 5.92 Å². The molecule has 0 aliphatic rings. The molecule has 0 fully saturated rings. The molecule has 60 valence electrons. The zero-order chi connectivity index (χ0) is 7.40. The minimum Gasteiger partial charge on any atom is -0.497 e. The van der Waals surface area contributed by atoms with Crippen LogP contribution in [0.1, 0.15) is 5.56 Å². The van der Waals surface area contributed by atoms with Crippen LogP contribution in [0, 0.1) is 12.3 Å². The Bertz CT molecular complexity index is 245. The molecule has 0 saturated carbocycles. The van der Waals surface area contributed by atoms with Gasteiger partial charge in [-0.05, 0) is 12.1 Å². The van der Waals surface area contributed by atoms with Crippen LogP contribution in [0.3, 0.4) is 0 Å². The molecule has 0 aliphatic heterocycles. The molecule has 0 N–H and O–H groups in total. The van der Waals surface area contributed by atoms with Crippen molar-refractivity contribution in [2.24, 2.45) is 0 Å². The Kier molecular flexibility index (Phi) is 4.72. The van der Waals surface area contributed by atoms with Crippen LogP contribution in [0.25, 0.3) is 0 Å². The molecule has 2 heteroatoms. The van der Waals surface area contributed by atoms with E-state index in [0.29, 0.717) is 0 Å². The Morgan fingerprint density at radius 1 is 1.27 bits per heavy atom. The predicted octanol–water partition coefficient (Wildman–Crippen LogP) is 1.63. The Hall–Kier alpha value is -0.680. The molecule has 0 radical (unpaired) electrons. The van der Waals surface area contributed by atoms with Gasteiger partial charge in [-0.1, -0.05) is 0 Å². The Morgan fingerprint density at radius 3 is 2.18 bits per heavy atom. The standard InChI is InChI=1S/C9H7O.Ag/c1-3-8-4-6-9(10-2)7-5-8;/h4-7H,2H3;/q-1;+1. The van der Waals surface area contributed by atoms with E-state index in [0.717, 1.165) is 11.3 Å². The van der Waals surface area contributed by atoms with Gasteiger partial charge < -0.3 is 11.2 Å². The Morgan fingerprint density at radius 2 is 1.82 bits per heavy atom. The molecule has 1 nitrogen and oxygen atoms in total. The summed E-state index contributed by atoms with van der Waals surface area (Å²) in [7, 11) is 1.61. The fourth-order valence-electron chi connectivity index (χ4n) is 0.674. The summed E-state index contributed by atoms with van der Waals surface area (Å²) in [6.07, 6.45) is 6.78. The van der Waals surface area contributed by atoms with E-state index < -0.39 is 0 Å².